The molecule has 252 valence electrons. The largest absolute Gasteiger partial charge is 0.488 e. The number of hydrogen-bond donors (Lipinski definition) is 2. The molecular formula is C39H60O6. The van der Waals surface area contributed by atoms with Crippen molar-refractivity contribution in [2.45, 2.75) is 113 Å². The summed E-state index contributed by atoms with van der Waals surface area (Å²) < 4.78 is 12.0. The molecule has 0 aliphatic carbocycles. The van der Waals surface area contributed by atoms with E-state index >= 15 is 0 Å². The Morgan fingerprint density at radius 3 is 1.07 bits per heavy atom. The quantitative estimate of drug-likeness (QED) is 0.204. The second kappa shape index (κ2) is 18.7. The van der Waals surface area contributed by atoms with Crippen molar-refractivity contribution in [3.63, 3.8) is 0 Å². The molecule has 0 unspecified atom stereocenters. The number of allylic oxidation sites excluding steroid dienone is 2. The van der Waals surface area contributed by atoms with E-state index in [1.165, 1.54) is 11.1 Å². The number of aliphatic hydroxyl groups excluding tert-OH is 2. The molecule has 2 N–H and O–H groups in total. The van der Waals surface area contributed by atoms with Crippen LogP contribution in [0.15, 0.2) is 72.8 Å². The minimum atomic E-state index is -0.397. The third kappa shape index (κ3) is 15.6. The second-order valence-electron chi connectivity index (χ2n) is 13.9. The van der Waals surface area contributed by atoms with Crippen molar-refractivity contribution in [2.24, 2.45) is 11.8 Å². The summed E-state index contributed by atoms with van der Waals surface area (Å²) in [5.74, 6) is 2.13. The monoisotopic (exact) mass is 624 g/mol. The maximum Gasteiger partial charge on any atom is 0.160 e. The van der Waals surface area contributed by atoms with Gasteiger partial charge in [0, 0.05) is 43.3 Å². The standard InChI is InChI=1S/C25H36O4.2C7H12O/c1-23(2,15-17-26)28-21-11-7-19(8-12-21)25(5,6)20-9-13-22(14-10-20)29-24(3,4)16-18-27;2*1-5(2)7(8)6(3)4/h7-14,26-27H,15-18H2,1-6H3;2*6H,1H2,2-4H3. The highest BCUT2D eigenvalue weighted by molar-refractivity contribution is 5.95. The molecule has 45 heavy (non-hydrogen) atoms. The van der Waals surface area contributed by atoms with Crippen molar-refractivity contribution < 1.29 is 29.3 Å². The first-order valence-corrected chi connectivity index (χ1v) is 15.8. The van der Waals surface area contributed by atoms with Gasteiger partial charge in [-0.1, -0.05) is 79.0 Å². The first kappa shape index (κ1) is 41.8. The van der Waals surface area contributed by atoms with Crippen molar-refractivity contribution in [1.29, 1.82) is 0 Å². The zero-order valence-electron chi connectivity index (χ0n) is 30.0. The third-order valence-electron chi connectivity index (χ3n) is 7.26. The maximum atomic E-state index is 10.7. The SMILES string of the molecule is C=C(C)C(=O)C(C)C.C=C(C)C(=O)C(C)C.CC(C)(CCO)Oc1ccc(C(C)(C)c2ccc(OC(C)(C)CCO)cc2)cc1. The smallest absolute Gasteiger partial charge is 0.160 e. The summed E-state index contributed by atoms with van der Waals surface area (Å²) in [6, 6.07) is 16.4. The van der Waals surface area contributed by atoms with Crippen LogP contribution in [-0.2, 0) is 15.0 Å². The zero-order chi connectivity index (χ0) is 35.2. The van der Waals surface area contributed by atoms with Crippen LogP contribution in [0.25, 0.3) is 0 Å². The summed E-state index contributed by atoms with van der Waals surface area (Å²) in [7, 11) is 0. The van der Waals surface area contributed by atoms with E-state index in [1.54, 1.807) is 13.8 Å². The van der Waals surface area contributed by atoms with Crippen LogP contribution >= 0.6 is 0 Å². The van der Waals surface area contributed by atoms with Gasteiger partial charge in [0.15, 0.2) is 11.6 Å². The molecule has 0 amide bonds. The Hall–Kier alpha value is -3.22. The van der Waals surface area contributed by atoms with Gasteiger partial charge >= 0.3 is 0 Å². The Morgan fingerprint density at radius 1 is 0.622 bits per heavy atom. The molecular weight excluding hydrogens is 564 g/mol. The number of ether oxygens (including phenoxy) is 2. The first-order chi connectivity index (χ1) is 20.6. The van der Waals surface area contributed by atoms with Crippen LogP contribution in [0.5, 0.6) is 11.5 Å². The molecule has 0 spiro atoms. The maximum absolute atomic E-state index is 10.7. The van der Waals surface area contributed by atoms with Crippen LogP contribution in [0, 0.1) is 11.8 Å². The van der Waals surface area contributed by atoms with E-state index in [0.717, 1.165) is 11.5 Å². The minimum Gasteiger partial charge on any atom is -0.488 e. The van der Waals surface area contributed by atoms with Crippen LogP contribution in [-0.4, -0.2) is 46.2 Å². The predicted octanol–water partition coefficient (Wildman–Crippen LogP) is 8.67. The average molecular weight is 625 g/mol. The van der Waals surface area contributed by atoms with E-state index in [9.17, 15) is 9.59 Å². The number of ketones is 2. The van der Waals surface area contributed by atoms with Crippen LogP contribution < -0.4 is 9.47 Å². The van der Waals surface area contributed by atoms with E-state index in [2.05, 4.69) is 51.3 Å². The van der Waals surface area contributed by atoms with E-state index in [1.807, 2.05) is 79.7 Å². The zero-order valence-corrected chi connectivity index (χ0v) is 30.0. The van der Waals surface area contributed by atoms with Crippen molar-refractivity contribution in [2.75, 3.05) is 13.2 Å². The van der Waals surface area contributed by atoms with Crippen molar-refractivity contribution in [1.82, 2.24) is 0 Å². The first-order valence-electron chi connectivity index (χ1n) is 15.8. The number of carbonyl (C=O) groups is 2. The third-order valence-corrected chi connectivity index (χ3v) is 7.26. The Labute approximate surface area is 273 Å². The van der Waals surface area contributed by atoms with E-state index in [0.29, 0.717) is 24.0 Å². The molecule has 0 aliphatic rings. The van der Waals surface area contributed by atoms with Crippen LogP contribution in [0.3, 0.4) is 0 Å². The Balaban J connectivity index is 0.000000991. The van der Waals surface area contributed by atoms with Crippen LogP contribution in [0.1, 0.15) is 107 Å². The van der Waals surface area contributed by atoms with Gasteiger partial charge in [0.05, 0.1) is 0 Å². The van der Waals surface area contributed by atoms with Gasteiger partial charge in [-0.3, -0.25) is 9.59 Å². The molecule has 6 heteroatoms. The van der Waals surface area contributed by atoms with E-state index in [4.69, 9.17) is 19.7 Å². The molecule has 0 aromatic heterocycles. The summed E-state index contributed by atoms with van der Waals surface area (Å²) in [4.78, 5) is 21.5. The summed E-state index contributed by atoms with van der Waals surface area (Å²) in [6.07, 6.45) is 1.17. The molecule has 0 saturated heterocycles. The summed E-state index contributed by atoms with van der Waals surface area (Å²) in [5.41, 5.74) is 2.73. The number of hydrogen-bond acceptors (Lipinski definition) is 6. The van der Waals surface area contributed by atoms with Gasteiger partial charge in [-0.2, -0.15) is 0 Å². The Kier molecular flexibility index (Phi) is 17.3. The lowest BCUT2D eigenvalue weighted by molar-refractivity contribution is -0.118. The van der Waals surface area contributed by atoms with Gasteiger partial charge in [0.2, 0.25) is 0 Å². The lowest BCUT2D eigenvalue weighted by Gasteiger charge is -2.29. The number of Topliss-reactive ketones (excluding diaryl/α,β-unsaturated/α-hetero) is 2. The highest BCUT2D eigenvalue weighted by Crippen LogP contribution is 2.34. The second-order valence-corrected chi connectivity index (χ2v) is 13.9. The fourth-order valence-corrected chi connectivity index (χ4v) is 4.31. The van der Waals surface area contributed by atoms with Gasteiger partial charge < -0.3 is 19.7 Å². The van der Waals surface area contributed by atoms with E-state index < -0.39 is 11.2 Å². The molecule has 0 atom stereocenters. The number of rotatable bonds is 14. The molecule has 0 bridgehead atoms. The van der Waals surface area contributed by atoms with Gasteiger partial charge in [-0.15, -0.1) is 0 Å². The number of carbonyl (C=O) groups excluding carboxylic acids is 2. The summed E-state index contributed by atoms with van der Waals surface area (Å²) in [6.45, 7) is 30.5. The number of benzene rings is 2. The lowest BCUT2D eigenvalue weighted by Crippen LogP contribution is -2.29. The van der Waals surface area contributed by atoms with Gasteiger partial charge in [0.25, 0.3) is 0 Å². The fourth-order valence-electron chi connectivity index (χ4n) is 4.31. The molecule has 0 radical (unpaired) electrons. The van der Waals surface area contributed by atoms with Crippen molar-refractivity contribution in [3.05, 3.63) is 84.0 Å². The Morgan fingerprint density at radius 2 is 0.889 bits per heavy atom. The molecule has 0 heterocycles. The molecule has 2 aromatic rings. The fraction of sp³-hybridized carbons (Fsp3) is 0.538. The predicted molar refractivity (Wildman–Crippen MR) is 187 cm³/mol. The van der Waals surface area contributed by atoms with Gasteiger partial charge in [-0.25, -0.2) is 0 Å². The lowest BCUT2D eigenvalue weighted by atomic mass is 9.78. The van der Waals surface area contributed by atoms with Crippen molar-refractivity contribution >= 4 is 11.6 Å². The highest BCUT2D eigenvalue weighted by atomic mass is 16.5. The summed E-state index contributed by atoms with van der Waals surface area (Å²) >= 11 is 0. The van der Waals surface area contributed by atoms with Crippen molar-refractivity contribution in [3.8, 4) is 11.5 Å². The molecule has 0 fully saturated rings. The number of aliphatic hydroxyl groups is 2. The summed E-state index contributed by atoms with van der Waals surface area (Å²) in [5, 5.41) is 18.3. The molecule has 0 saturated carbocycles. The average Bonchev–Trinajstić information content (AvgIpc) is 2.92. The molecule has 2 rings (SSSR count). The highest BCUT2D eigenvalue weighted by Gasteiger charge is 2.25. The van der Waals surface area contributed by atoms with Gasteiger partial charge in [-0.05, 0) is 88.1 Å². The minimum absolute atomic E-state index is 0.104. The van der Waals surface area contributed by atoms with Gasteiger partial charge in [0.1, 0.15) is 22.7 Å². The Bertz CT molecular complexity index is 1120. The molecule has 0 aliphatic heterocycles. The topological polar surface area (TPSA) is 93.1 Å². The van der Waals surface area contributed by atoms with Crippen LogP contribution in [0.2, 0.25) is 0 Å². The molecule has 6 nitrogen and oxygen atoms in total. The van der Waals surface area contributed by atoms with E-state index in [-0.39, 0.29) is 42.0 Å². The molecule has 2 aromatic carbocycles. The van der Waals surface area contributed by atoms with Crippen LogP contribution in [0.4, 0.5) is 0 Å². The normalized spacial score (nSPS) is 11.6.